The van der Waals surface area contributed by atoms with Crippen LogP contribution in [0.25, 0.3) is 0 Å². The highest BCUT2D eigenvalue weighted by Crippen LogP contribution is 2.35. The predicted molar refractivity (Wildman–Crippen MR) is 74.4 cm³/mol. The van der Waals surface area contributed by atoms with Gasteiger partial charge in [0.1, 0.15) is 0 Å². The maximum Gasteiger partial charge on any atom is 0.503 e. The van der Waals surface area contributed by atoms with E-state index in [2.05, 4.69) is 0 Å². The number of carbonyl (C=O) groups is 4. The summed E-state index contributed by atoms with van der Waals surface area (Å²) in [7, 11) is -3.68. The van der Waals surface area contributed by atoms with E-state index in [1.54, 1.807) is 0 Å². The van der Waals surface area contributed by atoms with Crippen molar-refractivity contribution in [2.45, 2.75) is 19.8 Å². The average molecular weight is 386 g/mol. The lowest BCUT2D eigenvalue weighted by Crippen LogP contribution is -1.84. The molecule has 0 rings (SSSR count). The van der Waals surface area contributed by atoms with Crippen LogP contribution in [0.4, 0.5) is 19.2 Å². The molecule has 24 heavy (non-hydrogen) atoms. The van der Waals surface area contributed by atoms with Crippen LogP contribution >= 0.6 is 7.60 Å². The topological polar surface area (TPSA) is 288 Å². The molecule has 10 N–H and O–H groups in total. The molecule has 0 heterocycles. The molecule has 0 amide bonds. The van der Waals surface area contributed by atoms with Crippen LogP contribution in [0.5, 0.6) is 0 Å². The number of hydrogen-bond donors (Lipinski definition) is 10. The number of unbranched alkanes of at least 4 members (excludes halogenated alkanes) is 1. The molecule has 146 valence electrons. The summed E-state index contributed by atoms with van der Waals surface area (Å²) in [5.74, 6) is 0. The molecule has 0 radical (unpaired) electrons. The van der Waals surface area contributed by atoms with Crippen LogP contribution in [0.3, 0.4) is 0 Å². The predicted octanol–water partition coefficient (Wildman–Crippen LogP) is 1.85. The van der Waals surface area contributed by atoms with Gasteiger partial charge in [-0.2, -0.15) is 0 Å². The first-order valence-corrected chi connectivity index (χ1v) is 7.01. The SMILES string of the molecule is CCCCP(=O)(O)O.O=C(O)O.O=C(O)O.O=C(O)O.O=C(O)O. The fraction of sp³-hybridized carbons (Fsp3) is 0.500. The van der Waals surface area contributed by atoms with Gasteiger partial charge in [0.15, 0.2) is 0 Å². The van der Waals surface area contributed by atoms with Gasteiger partial charge >= 0.3 is 32.2 Å². The Morgan fingerprint density at radius 3 is 0.875 bits per heavy atom. The van der Waals surface area contributed by atoms with Crippen LogP contribution in [-0.2, 0) is 4.57 Å². The molecule has 0 aromatic heterocycles. The third-order valence-electron chi connectivity index (χ3n) is 0.803. The van der Waals surface area contributed by atoms with Gasteiger partial charge in [-0.15, -0.1) is 0 Å². The van der Waals surface area contributed by atoms with E-state index >= 15 is 0 Å². The lowest BCUT2D eigenvalue weighted by molar-refractivity contribution is 0.135. The van der Waals surface area contributed by atoms with E-state index in [0.29, 0.717) is 6.42 Å². The van der Waals surface area contributed by atoms with Crippen LogP contribution in [0.2, 0.25) is 0 Å². The van der Waals surface area contributed by atoms with E-state index in [1.165, 1.54) is 0 Å². The summed E-state index contributed by atoms with van der Waals surface area (Å²) in [6.45, 7) is 1.90. The fourth-order valence-corrected chi connectivity index (χ4v) is 1.09. The summed E-state index contributed by atoms with van der Waals surface area (Å²) in [6.07, 6.45) is -5.85. The summed E-state index contributed by atoms with van der Waals surface area (Å²) >= 11 is 0. The zero-order chi connectivity index (χ0) is 20.9. The van der Waals surface area contributed by atoms with Crippen molar-refractivity contribution in [1.82, 2.24) is 0 Å². The Kier molecular flexibility index (Phi) is 30.9. The Morgan fingerprint density at radius 1 is 0.667 bits per heavy atom. The molecule has 0 fully saturated rings. The van der Waals surface area contributed by atoms with Crippen molar-refractivity contribution in [3.05, 3.63) is 0 Å². The number of carboxylic acid groups (broad SMARTS) is 8. The van der Waals surface area contributed by atoms with Gasteiger partial charge in [0, 0.05) is 6.16 Å². The lowest BCUT2D eigenvalue weighted by atomic mass is 10.4. The minimum Gasteiger partial charge on any atom is -0.450 e. The third kappa shape index (κ3) is 1290. The molecule has 0 saturated heterocycles. The van der Waals surface area contributed by atoms with E-state index in [-0.39, 0.29) is 6.16 Å². The summed E-state index contributed by atoms with van der Waals surface area (Å²) in [4.78, 5) is 50.7. The molecule has 0 aliphatic rings. The molecular formula is C8H19O15P. The zero-order valence-electron chi connectivity index (χ0n) is 12.1. The lowest BCUT2D eigenvalue weighted by Gasteiger charge is -1.98. The van der Waals surface area contributed by atoms with Crippen LogP contribution in [0.15, 0.2) is 0 Å². The van der Waals surface area contributed by atoms with E-state index in [1.807, 2.05) is 6.92 Å². The summed E-state index contributed by atoms with van der Waals surface area (Å²) in [6, 6.07) is 0. The Morgan fingerprint density at radius 2 is 0.833 bits per heavy atom. The minimum absolute atomic E-state index is 0.0312. The second-order valence-electron chi connectivity index (χ2n) is 2.87. The van der Waals surface area contributed by atoms with Crippen molar-refractivity contribution >= 4 is 32.2 Å². The van der Waals surface area contributed by atoms with Gasteiger partial charge in [0.2, 0.25) is 0 Å². The Labute approximate surface area is 133 Å². The molecule has 15 nitrogen and oxygen atoms in total. The maximum atomic E-state index is 10.1. The first kappa shape index (κ1) is 33.0. The Hall–Kier alpha value is -2.77. The largest absolute Gasteiger partial charge is 0.503 e. The molecule has 0 bridgehead atoms. The van der Waals surface area contributed by atoms with E-state index in [9.17, 15) is 4.57 Å². The number of hydrogen-bond acceptors (Lipinski definition) is 5. The van der Waals surface area contributed by atoms with Crippen LogP contribution < -0.4 is 0 Å². The molecule has 0 atom stereocenters. The highest BCUT2D eigenvalue weighted by Gasteiger charge is 2.09. The van der Waals surface area contributed by atoms with Crippen LogP contribution in [-0.4, -0.2) is 81.4 Å². The standard InChI is InChI=1S/C4H11O3P.4CH2O3/c1-2-3-4-8(5,6)7;4*2-1(3)4/h2-4H2,1H3,(H2,5,6,7);4*(H2,2,3,4). The van der Waals surface area contributed by atoms with Gasteiger partial charge in [0.05, 0.1) is 0 Å². The van der Waals surface area contributed by atoms with Crippen molar-refractivity contribution in [3.8, 4) is 0 Å². The monoisotopic (exact) mass is 386 g/mol. The molecule has 0 unspecified atom stereocenters. The van der Waals surface area contributed by atoms with Crippen LogP contribution in [0, 0.1) is 0 Å². The average Bonchev–Trinajstić information content (AvgIpc) is 2.21. The zero-order valence-corrected chi connectivity index (χ0v) is 13.0. The minimum atomic E-state index is -3.68. The molecular weight excluding hydrogens is 367 g/mol. The number of rotatable bonds is 3. The van der Waals surface area contributed by atoms with Gasteiger partial charge in [-0.25, -0.2) is 19.2 Å². The van der Waals surface area contributed by atoms with Gasteiger partial charge in [-0.05, 0) is 6.42 Å². The molecule has 0 aliphatic heterocycles. The third-order valence-corrected chi connectivity index (χ3v) is 1.70. The Bertz CT molecular complexity index is 321. The second-order valence-corrected chi connectivity index (χ2v) is 4.65. The normalized spacial score (nSPS) is 7.96. The van der Waals surface area contributed by atoms with E-state index in [0.717, 1.165) is 6.42 Å². The van der Waals surface area contributed by atoms with E-state index < -0.39 is 32.2 Å². The van der Waals surface area contributed by atoms with Gasteiger partial charge in [-0.1, -0.05) is 13.3 Å². The summed E-state index contributed by atoms with van der Waals surface area (Å²) < 4.78 is 10.1. The Balaban J connectivity index is -0.0000000657. The van der Waals surface area contributed by atoms with Crippen molar-refractivity contribution in [1.29, 1.82) is 0 Å². The first-order valence-electron chi connectivity index (χ1n) is 5.21. The molecule has 0 saturated carbocycles. The molecule has 0 aromatic rings. The summed E-state index contributed by atoms with van der Waals surface area (Å²) in [5.41, 5.74) is 0. The highest BCUT2D eigenvalue weighted by atomic mass is 31.2. The van der Waals surface area contributed by atoms with E-state index in [4.69, 9.17) is 69.8 Å². The summed E-state index contributed by atoms with van der Waals surface area (Å²) in [5, 5.41) is 55.8. The van der Waals surface area contributed by atoms with Gasteiger partial charge in [0.25, 0.3) is 0 Å². The van der Waals surface area contributed by atoms with Crippen molar-refractivity contribution in [3.63, 3.8) is 0 Å². The molecule has 0 aromatic carbocycles. The van der Waals surface area contributed by atoms with Gasteiger partial charge in [-0.3, -0.25) is 4.57 Å². The van der Waals surface area contributed by atoms with Crippen molar-refractivity contribution in [2.75, 3.05) is 6.16 Å². The second kappa shape index (κ2) is 22.5. The van der Waals surface area contributed by atoms with Gasteiger partial charge < -0.3 is 50.6 Å². The molecule has 16 heteroatoms. The fourth-order valence-electron chi connectivity index (χ4n) is 0.364. The van der Waals surface area contributed by atoms with Crippen molar-refractivity contribution < 1.29 is 74.4 Å². The first-order chi connectivity index (χ1) is 10.5. The maximum absolute atomic E-state index is 10.1. The quantitative estimate of drug-likeness (QED) is 0.309. The smallest absolute Gasteiger partial charge is 0.450 e. The molecule has 0 aliphatic carbocycles. The highest BCUT2D eigenvalue weighted by molar-refractivity contribution is 7.51. The van der Waals surface area contributed by atoms with Crippen molar-refractivity contribution in [2.24, 2.45) is 0 Å². The van der Waals surface area contributed by atoms with Crippen LogP contribution in [0.1, 0.15) is 19.8 Å². The molecule has 0 spiro atoms.